The van der Waals surface area contributed by atoms with E-state index in [9.17, 15) is 0 Å². The molecule has 1 aliphatic carbocycles. The van der Waals surface area contributed by atoms with Gasteiger partial charge in [0, 0.05) is 10.5 Å². The molecule has 1 aromatic rings. The van der Waals surface area contributed by atoms with Crippen molar-refractivity contribution in [1.82, 2.24) is 5.32 Å². The zero-order valence-corrected chi connectivity index (χ0v) is 13.6. The van der Waals surface area contributed by atoms with Gasteiger partial charge in [-0.25, -0.2) is 0 Å². The van der Waals surface area contributed by atoms with E-state index < -0.39 is 0 Å². The first-order valence-corrected chi connectivity index (χ1v) is 8.57. The van der Waals surface area contributed by atoms with Crippen LogP contribution in [0.4, 0.5) is 0 Å². The SMILES string of the molecule is CCCNC1CCCCCC1Cc1ccccc1Br. The molecule has 0 spiro atoms. The van der Waals surface area contributed by atoms with Gasteiger partial charge >= 0.3 is 0 Å². The summed E-state index contributed by atoms with van der Waals surface area (Å²) in [5.74, 6) is 0.799. The highest BCUT2D eigenvalue weighted by molar-refractivity contribution is 9.10. The first kappa shape index (κ1) is 15.1. The lowest BCUT2D eigenvalue weighted by Gasteiger charge is -2.26. The Morgan fingerprint density at radius 2 is 1.95 bits per heavy atom. The Morgan fingerprint density at radius 1 is 1.16 bits per heavy atom. The highest BCUT2D eigenvalue weighted by atomic mass is 79.9. The Hall–Kier alpha value is -0.340. The molecule has 106 valence electrons. The molecule has 0 radical (unpaired) electrons. The molecule has 0 heterocycles. The van der Waals surface area contributed by atoms with Gasteiger partial charge in [-0.15, -0.1) is 0 Å². The van der Waals surface area contributed by atoms with Gasteiger partial charge in [-0.05, 0) is 49.8 Å². The van der Waals surface area contributed by atoms with Crippen LogP contribution in [0, 0.1) is 5.92 Å². The van der Waals surface area contributed by atoms with Crippen molar-refractivity contribution in [1.29, 1.82) is 0 Å². The van der Waals surface area contributed by atoms with E-state index in [0.29, 0.717) is 0 Å². The van der Waals surface area contributed by atoms with Gasteiger partial charge in [-0.1, -0.05) is 60.3 Å². The van der Waals surface area contributed by atoms with Crippen molar-refractivity contribution in [3.63, 3.8) is 0 Å². The van der Waals surface area contributed by atoms with Gasteiger partial charge in [0.2, 0.25) is 0 Å². The number of rotatable bonds is 5. The van der Waals surface area contributed by atoms with Crippen LogP contribution in [-0.2, 0) is 6.42 Å². The minimum absolute atomic E-state index is 0.717. The summed E-state index contributed by atoms with van der Waals surface area (Å²) in [4.78, 5) is 0. The first-order chi connectivity index (χ1) is 9.31. The standard InChI is InChI=1S/C17H26BrN/c1-2-12-19-17-11-5-3-4-9-15(17)13-14-8-6-7-10-16(14)18/h6-8,10,15,17,19H,2-5,9,11-13H2,1H3. The molecule has 2 unspecified atom stereocenters. The fraction of sp³-hybridized carbons (Fsp3) is 0.647. The van der Waals surface area contributed by atoms with Crippen molar-refractivity contribution in [2.24, 2.45) is 5.92 Å². The monoisotopic (exact) mass is 323 g/mol. The third kappa shape index (κ3) is 4.61. The van der Waals surface area contributed by atoms with Gasteiger partial charge in [-0.3, -0.25) is 0 Å². The molecule has 1 fully saturated rings. The number of nitrogens with one attached hydrogen (secondary N) is 1. The van der Waals surface area contributed by atoms with Crippen LogP contribution in [-0.4, -0.2) is 12.6 Å². The van der Waals surface area contributed by atoms with Crippen molar-refractivity contribution in [3.05, 3.63) is 34.3 Å². The van der Waals surface area contributed by atoms with Gasteiger partial charge in [0.15, 0.2) is 0 Å². The van der Waals surface area contributed by atoms with E-state index in [4.69, 9.17) is 0 Å². The summed E-state index contributed by atoms with van der Waals surface area (Å²) in [5, 5.41) is 3.79. The Labute approximate surface area is 126 Å². The third-order valence-electron chi connectivity index (χ3n) is 4.26. The molecule has 1 nitrogen and oxygen atoms in total. The maximum Gasteiger partial charge on any atom is 0.0207 e. The largest absolute Gasteiger partial charge is 0.314 e. The topological polar surface area (TPSA) is 12.0 Å². The van der Waals surface area contributed by atoms with E-state index in [1.165, 1.54) is 55.0 Å². The highest BCUT2D eigenvalue weighted by Gasteiger charge is 2.23. The quantitative estimate of drug-likeness (QED) is 0.757. The Bertz CT molecular complexity index is 377. The maximum absolute atomic E-state index is 3.79. The van der Waals surface area contributed by atoms with E-state index in [1.54, 1.807) is 0 Å². The summed E-state index contributed by atoms with van der Waals surface area (Å²) < 4.78 is 1.27. The van der Waals surface area contributed by atoms with Crippen molar-refractivity contribution < 1.29 is 0 Å². The van der Waals surface area contributed by atoms with E-state index >= 15 is 0 Å². The molecule has 1 aliphatic rings. The van der Waals surface area contributed by atoms with Gasteiger partial charge < -0.3 is 5.32 Å². The van der Waals surface area contributed by atoms with Crippen molar-refractivity contribution >= 4 is 15.9 Å². The summed E-state index contributed by atoms with van der Waals surface area (Å²) in [6.45, 7) is 3.42. The van der Waals surface area contributed by atoms with Crippen LogP contribution < -0.4 is 5.32 Å². The van der Waals surface area contributed by atoms with E-state index in [0.717, 1.165) is 18.5 Å². The Morgan fingerprint density at radius 3 is 2.74 bits per heavy atom. The van der Waals surface area contributed by atoms with Crippen LogP contribution in [0.3, 0.4) is 0 Å². The molecule has 0 saturated heterocycles. The van der Waals surface area contributed by atoms with Crippen LogP contribution >= 0.6 is 15.9 Å². The molecule has 2 atom stereocenters. The maximum atomic E-state index is 3.79. The fourth-order valence-corrected chi connectivity index (χ4v) is 3.62. The van der Waals surface area contributed by atoms with Gasteiger partial charge in [0.1, 0.15) is 0 Å². The predicted octanol–water partition coefficient (Wildman–Crippen LogP) is 4.94. The summed E-state index contributed by atoms with van der Waals surface area (Å²) >= 11 is 3.69. The minimum Gasteiger partial charge on any atom is -0.314 e. The molecular weight excluding hydrogens is 298 g/mol. The number of hydrogen-bond donors (Lipinski definition) is 1. The summed E-state index contributed by atoms with van der Waals surface area (Å²) in [7, 11) is 0. The second-order valence-corrected chi connectivity index (χ2v) is 6.61. The second-order valence-electron chi connectivity index (χ2n) is 5.75. The van der Waals surface area contributed by atoms with Crippen molar-refractivity contribution in [2.75, 3.05) is 6.54 Å². The van der Waals surface area contributed by atoms with Crippen LogP contribution in [0.15, 0.2) is 28.7 Å². The van der Waals surface area contributed by atoms with Crippen molar-refractivity contribution in [3.8, 4) is 0 Å². The molecule has 1 saturated carbocycles. The summed E-state index contributed by atoms with van der Waals surface area (Å²) in [6.07, 6.45) is 9.39. The van der Waals surface area contributed by atoms with E-state index in [2.05, 4.69) is 52.4 Å². The fourth-order valence-electron chi connectivity index (χ4n) is 3.17. The first-order valence-electron chi connectivity index (χ1n) is 7.78. The van der Waals surface area contributed by atoms with Crippen molar-refractivity contribution in [2.45, 2.75) is 57.9 Å². The molecule has 0 bridgehead atoms. The Balaban J connectivity index is 2.03. The molecule has 2 rings (SSSR count). The zero-order valence-electron chi connectivity index (χ0n) is 12.0. The van der Waals surface area contributed by atoms with Crippen LogP contribution in [0.1, 0.15) is 51.0 Å². The van der Waals surface area contributed by atoms with Crippen LogP contribution in [0.25, 0.3) is 0 Å². The molecule has 19 heavy (non-hydrogen) atoms. The molecular formula is C17H26BrN. The lowest BCUT2D eigenvalue weighted by atomic mass is 9.88. The molecule has 2 heteroatoms. The summed E-state index contributed by atoms with van der Waals surface area (Å²) in [6, 6.07) is 9.42. The van der Waals surface area contributed by atoms with Gasteiger partial charge in [0.25, 0.3) is 0 Å². The third-order valence-corrected chi connectivity index (χ3v) is 5.03. The number of halogens is 1. The van der Waals surface area contributed by atoms with E-state index in [-0.39, 0.29) is 0 Å². The highest BCUT2D eigenvalue weighted by Crippen LogP contribution is 2.29. The molecule has 1 N–H and O–H groups in total. The molecule has 1 aromatic carbocycles. The average molecular weight is 324 g/mol. The molecule has 0 amide bonds. The molecule has 0 aromatic heterocycles. The second kappa shape index (κ2) is 8.06. The van der Waals surface area contributed by atoms with E-state index in [1.807, 2.05) is 0 Å². The lowest BCUT2D eigenvalue weighted by Crippen LogP contribution is -2.37. The van der Waals surface area contributed by atoms with Gasteiger partial charge in [0.05, 0.1) is 0 Å². The molecule has 0 aliphatic heterocycles. The van der Waals surface area contributed by atoms with Crippen LogP contribution in [0.2, 0.25) is 0 Å². The number of benzene rings is 1. The summed E-state index contributed by atoms with van der Waals surface area (Å²) in [5.41, 5.74) is 1.47. The number of hydrogen-bond acceptors (Lipinski definition) is 1. The minimum atomic E-state index is 0.717. The average Bonchev–Trinajstić information content (AvgIpc) is 2.64. The van der Waals surface area contributed by atoms with Crippen LogP contribution in [0.5, 0.6) is 0 Å². The smallest absolute Gasteiger partial charge is 0.0207 e. The predicted molar refractivity (Wildman–Crippen MR) is 86.5 cm³/mol. The van der Waals surface area contributed by atoms with Gasteiger partial charge in [-0.2, -0.15) is 0 Å². The lowest BCUT2D eigenvalue weighted by molar-refractivity contribution is 0.332. The Kier molecular flexibility index (Phi) is 6.39. The normalized spacial score (nSPS) is 24.1. The zero-order chi connectivity index (χ0) is 13.5.